The molecule has 0 aliphatic carbocycles. The van der Waals surface area contributed by atoms with E-state index in [0.717, 1.165) is 31.7 Å². The fourth-order valence-electron chi connectivity index (χ4n) is 2.32. The Morgan fingerprint density at radius 1 is 1.47 bits per heavy atom. The van der Waals surface area contributed by atoms with E-state index in [0.29, 0.717) is 11.1 Å². The smallest absolute Gasteiger partial charge is 0.335 e. The van der Waals surface area contributed by atoms with E-state index >= 15 is 0 Å². The third-order valence-electron chi connectivity index (χ3n) is 3.74. The molecule has 1 aliphatic rings. The molecule has 1 N–H and O–H groups in total. The van der Waals surface area contributed by atoms with Gasteiger partial charge in [-0.3, -0.25) is 4.90 Å². The topological polar surface area (TPSA) is 43.8 Å². The molecule has 1 aromatic carbocycles. The van der Waals surface area contributed by atoms with Crippen LogP contribution < -0.4 is 0 Å². The van der Waals surface area contributed by atoms with Gasteiger partial charge in [0.15, 0.2) is 0 Å². The van der Waals surface area contributed by atoms with Gasteiger partial charge >= 0.3 is 5.97 Å². The molecule has 1 aliphatic heterocycles. The second-order valence-corrected chi connectivity index (χ2v) is 5.58. The summed E-state index contributed by atoms with van der Waals surface area (Å²) in [7, 11) is 2.14. The van der Waals surface area contributed by atoms with E-state index in [1.54, 1.807) is 6.07 Å². The van der Waals surface area contributed by atoms with Crippen molar-refractivity contribution in [1.29, 1.82) is 0 Å². The zero-order valence-electron chi connectivity index (χ0n) is 11.3. The lowest BCUT2D eigenvalue weighted by Gasteiger charge is -2.37. The van der Waals surface area contributed by atoms with Crippen LogP contribution in [0.1, 0.15) is 22.8 Å². The third kappa shape index (κ3) is 3.47. The molecule has 0 amide bonds. The Morgan fingerprint density at radius 3 is 2.79 bits per heavy atom. The standard InChI is InChI=1S/C14H19ClN2O2/c1-10-8-17(6-5-16(10)2)9-12-4-3-11(14(18)19)7-13(12)15/h3-4,7,10H,5-6,8-9H2,1-2H3,(H,18,19). The first-order valence-electron chi connectivity index (χ1n) is 6.41. The minimum absolute atomic E-state index is 0.237. The lowest BCUT2D eigenvalue weighted by molar-refractivity contribution is 0.0697. The van der Waals surface area contributed by atoms with E-state index in [9.17, 15) is 4.79 Å². The summed E-state index contributed by atoms with van der Waals surface area (Å²) in [6, 6.07) is 5.49. The minimum Gasteiger partial charge on any atom is -0.478 e. The predicted octanol–water partition coefficient (Wildman–Crippen LogP) is 2.17. The van der Waals surface area contributed by atoms with Crippen LogP contribution in [0.15, 0.2) is 18.2 Å². The molecule has 1 saturated heterocycles. The van der Waals surface area contributed by atoms with Crippen molar-refractivity contribution < 1.29 is 9.90 Å². The summed E-state index contributed by atoms with van der Waals surface area (Å²) in [5.74, 6) is -0.943. The normalized spacial score (nSPS) is 21.5. The molecular formula is C14H19ClN2O2. The van der Waals surface area contributed by atoms with Crippen molar-refractivity contribution in [2.75, 3.05) is 26.7 Å². The van der Waals surface area contributed by atoms with Gasteiger partial charge in [0.05, 0.1) is 5.56 Å². The van der Waals surface area contributed by atoms with Gasteiger partial charge in [-0.1, -0.05) is 17.7 Å². The molecule has 0 aromatic heterocycles. The SMILES string of the molecule is CC1CN(Cc2ccc(C(=O)O)cc2Cl)CCN1C. The second-order valence-electron chi connectivity index (χ2n) is 5.18. The van der Waals surface area contributed by atoms with E-state index in [4.69, 9.17) is 16.7 Å². The lowest BCUT2D eigenvalue weighted by atomic mass is 10.1. The van der Waals surface area contributed by atoms with Crippen molar-refractivity contribution in [3.05, 3.63) is 34.3 Å². The van der Waals surface area contributed by atoms with Crippen molar-refractivity contribution in [1.82, 2.24) is 9.80 Å². The van der Waals surface area contributed by atoms with Gasteiger partial charge in [0.2, 0.25) is 0 Å². The molecule has 0 radical (unpaired) electrons. The monoisotopic (exact) mass is 282 g/mol. The molecule has 2 rings (SSSR count). The zero-order chi connectivity index (χ0) is 14.0. The summed E-state index contributed by atoms with van der Waals surface area (Å²) in [5.41, 5.74) is 1.23. The summed E-state index contributed by atoms with van der Waals surface area (Å²) in [4.78, 5) is 15.6. The summed E-state index contributed by atoms with van der Waals surface area (Å²) < 4.78 is 0. The molecule has 0 saturated carbocycles. The first-order valence-corrected chi connectivity index (χ1v) is 6.79. The minimum atomic E-state index is -0.943. The Balaban J connectivity index is 2.05. The molecule has 5 heteroatoms. The highest BCUT2D eigenvalue weighted by atomic mass is 35.5. The second kappa shape index (κ2) is 5.90. The van der Waals surface area contributed by atoms with Crippen molar-refractivity contribution in [2.24, 2.45) is 0 Å². The average Bonchev–Trinajstić information content (AvgIpc) is 2.36. The van der Waals surface area contributed by atoms with Crippen LogP contribution in [-0.4, -0.2) is 53.6 Å². The van der Waals surface area contributed by atoms with E-state index in [2.05, 4.69) is 23.8 Å². The molecule has 1 heterocycles. The van der Waals surface area contributed by atoms with Crippen LogP contribution in [0.2, 0.25) is 5.02 Å². The summed E-state index contributed by atoms with van der Waals surface area (Å²) in [5, 5.41) is 9.44. The summed E-state index contributed by atoms with van der Waals surface area (Å²) in [6.45, 7) is 6.05. The Hall–Kier alpha value is -1.10. The number of carboxylic acid groups (broad SMARTS) is 1. The van der Waals surface area contributed by atoms with Crippen molar-refractivity contribution in [2.45, 2.75) is 19.5 Å². The van der Waals surface area contributed by atoms with Gasteiger partial charge < -0.3 is 10.0 Å². The van der Waals surface area contributed by atoms with Gasteiger partial charge in [-0.05, 0) is 31.7 Å². The zero-order valence-corrected chi connectivity index (χ0v) is 12.0. The molecule has 19 heavy (non-hydrogen) atoms. The van der Waals surface area contributed by atoms with Gasteiger partial charge in [0.1, 0.15) is 0 Å². The molecule has 4 nitrogen and oxygen atoms in total. The van der Waals surface area contributed by atoms with Crippen LogP contribution in [0.5, 0.6) is 0 Å². The van der Waals surface area contributed by atoms with Gasteiger partial charge in [-0.15, -0.1) is 0 Å². The number of carboxylic acids is 1. The molecule has 1 aromatic rings. The Bertz CT molecular complexity index is 479. The summed E-state index contributed by atoms with van der Waals surface area (Å²) >= 11 is 6.16. The molecule has 1 unspecified atom stereocenters. The Kier molecular flexibility index (Phi) is 4.45. The highest BCUT2D eigenvalue weighted by Gasteiger charge is 2.21. The predicted molar refractivity (Wildman–Crippen MR) is 75.8 cm³/mol. The van der Waals surface area contributed by atoms with Gasteiger partial charge in [-0.2, -0.15) is 0 Å². The van der Waals surface area contributed by atoms with Gasteiger partial charge in [0.25, 0.3) is 0 Å². The van der Waals surface area contributed by atoms with Gasteiger partial charge in [-0.25, -0.2) is 4.79 Å². The van der Waals surface area contributed by atoms with Crippen LogP contribution in [0.25, 0.3) is 0 Å². The molecule has 1 atom stereocenters. The number of piperazine rings is 1. The number of hydrogen-bond acceptors (Lipinski definition) is 3. The van der Waals surface area contributed by atoms with Gasteiger partial charge in [0, 0.05) is 37.2 Å². The highest BCUT2D eigenvalue weighted by Crippen LogP contribution is 2.21. The van der Waals surface area contributed by atoms with Crippen LogP contribution in [0, 0.1) is 0 Å². The summed E-state index contributed by atoms with van der Waals surface area (Å²) in [6.07, 6.45) is 0. The fourth-order valence-corrected chi connectivity index (χ4v) is 2.56. The number of aromatic carboxylic acids is 1. The maximum absolute atomic E-state index is 10.9. The van der Waals surface area contributed by atoms with Crippen molar-refractivity contribution in [3.63, 3.8) is 0 Å². The average molecular weight is 283 g/mol. The third-order valence-corrected chi connectivity index (χ3v) is 4.09. The number of halogens is 1. The van der Waals surface area contributed by atoms with E-state index in [-0.39, 0.29) is 5.56 Å². The molecule has 104 valence electrons. The van der Waals surface area contributed by atoms with E-state index < -0.39 is 5.97 Å². The van der Waals surface area contributed by atoms with Crippen LogP contribution >= 0.6 is 11.6 Å². The number of hydrogen-bond donors (Lipinski definition) is 1. The first kappa shape index (κ1) is 14.3. The van der Waals surface area contributed by atoms with Crippen LogP contribution in [0.4, 0.5) is 0 Å². The highest BCUT2D eigenvalue weighted by molar-refractivity contribution is 6.31. The fraction of sp³-hybridized carbons (Fsp3) is 0.500. The quantitative estimate of drug-likeness (QED) is 0.923. The Labute approximate surface area is 118 Å². The maximum Gasteiger partial charge on any atom is 0.335 e. The number of carbonyl (C=O) groups is 1. The largest absolute Gasteiger partial charge is 0.478 e. The number of rotatable bonds is 3. The number of likely N-dealkylation sites (N-methyl/N-ethyl adjacent to an activating group) is 1. The van der Waals surface area contributed by atoms with Crippen LogP contribution in [-0.2, 0) is 6.54 Å². The number of nitrogens with zero attached hydrogens (tertiary/aromatic N) is 2. The van der Waals surface area contributed by atoms with Crippen molar-refractivity contribution in [3.8, 4) is 0 Å². The molecular weight excluding hydrogens is 264 g/mol. The first-order chi connectivity index (χ1) is 8.97. The maximum atomic E-state index is 10.9. The van der Waals surface area contributed by atoms with Crippen molar-refractivity contribution >= 4 is 17.6 Å². The Morgan fingerprint density at radius 2 is 2.21 bits per heavy atom. The number of benzene rings is 1. The molecule has 0 spiro atoms. The van der Waals surface area contributed by atoms with E-state index in [1.165, 1.54) is 6.07 Å². The van der Waals surface area contributed by atoms with E-state index in [1.807, 2.05) is 6.07 Å². The molecule has 0 bridgehead atoms. The van der Waals surface area contributed by atoms with Crippen LogP contribution in [0.3, 0.4) is 0 Å². The lowest BCUT2D eigenvalue weighted by Crippen LogP contribution is -2.49. The molecule has 1 fully saturated rings.